The molecular formula is C12H12ClN3O4. The molecule has 0 saturated carbocycles. The second kappa shape index (κ2) is 5.46. The summed E-state index contributed by atoms with van der Waals surface area (Å²) < 4.78 is 0. The van der Waals surface area contributed by atoms with E-state index in [0.717, 1.165) is 0 Å². The number of rotatable bonds is 3. The number of amides is 2. The van der Waals surface area contributed by atoms with Gasteiger partial charge in [-0.25, -0.2) is 0 Å². The highest BCUT2D eigenvalue weighted by Crippen LogP contribution is 2.30. The number of nitro benzene ring substituents is 1. The van der Waals surface area contributed by atoms with Gasteiger partial charge in [-0.05, 0) is 18.6 Å². The van der Waals surface area contributed by atoms with Gasteiger partial charge in [-0.2, -0.15) is 0 Å². The van der Waals surface area contributed by atoms with Crippen LogP contribution in [-0.2, 0) is 9.59 Å². The van der Waals surface area contributed by atoms with Crippen molar-refractivity contribution in [2.24, 2.45) is 5.92 Å². The van der Waals surface area contributed by atoms with Crippen molar-refractivity contribution in [3.8, 4) is 0 Å². The van der Waals surface area contributed by atoms with Gasteiger partial charge < -0.3 is 10.6 Å². The van der Waals surface area contributed by atoms with Crippen molar-refractivity contribution >= 4 is 34.8 Å². The van der Waals surface area contributed by atoms with Crippen molar-refractivity contribution < 1.29 is 14.5 Å². The van der Waals surface area contributed by atoms with E-state index in [4.69, 9.17) is 11.6 Å². The molecule has 2 amide bonds. The van der Waals surface area contributed by atoms with E-state index < -0.39 is 10.8 Å². The first-order chi connectivity index (χ1) is 9.38. The molecule has 8 heteroatoms. The fraction of sp³-hybridized carbons (Fsp3) is 0.333. The largest absolute Gasteiger partial charge is 0.355 e. The number of carbonyl (C=O) groups is 2. The molecule has 0 bridgehead atoms. The maximum Gasteiger partial charge on any atom is 0.288 e. The molecule has 2 rings (SSSR count). The molecule has 1 aliphatic rings. The lowest BCUT2D eigenvalue weighted by molar-refractivity contribution is -0.384. The third-order valence-electron chi connectivity index (χ3n) is 3.10. The van der Waals surface area contributed by atoms with Crippen LogP contribution in [-0.4, -0.2) is 23.3 Å². The van der Waals surface area contributed by atoms with E-state index in [1.165, 1.54) is 12.1 Å². The summed E-state index contributed by atoms with van der Waals surface area (Å²) in [6.07, 6.45) is 0.144. The highest BCUT2D eigenvalue weighted by molar-refractivity contribution is 6.33. The number of hydrogen-bond acceptors (Lipinski definition) is 4. The molecule has 1 saturated heterocycles. The topological polar surface area (TPSA) is 101 Å². The Morgan fingerprint density at radius 2 is 2.25 bits per heavy atom. The van der Waals surface area contributed by atoms with E-state index in [9.17, 15) is 19.7 Å². The Hall–Kier alpha value is -2.15. The van der Waals surface area contributed by atoms with Gasteiger partial charge in [0.05, 0.1) is 10.8 Å². The minimum atomic E-state index is -0.583. The Morgan fingerprint density at radius 3 is 2.80 bits per heavy atom. The fourth-order valence-corrected chi connectivity index (χ4v) is 2.20. The summed E-state index contributed by atoms with van der Waals surface area (Å²) in [4.78, 5) is 33.2. The summed E-state index contributed by atoms with van der Waals surface area (Å²) in [7, 11) is 0. The lowest BCUT2D eigenvalue weighted by Crippen LogP contribution is -2.25. The summed E-state index contributed by atoms with van der Waals surface area (Å²) in [6.45, 7) is 1.93. The third kappa shape index (κ3) is 2.88. The van der Waals surface area contributed by atoms with Gasteiger partial charge in [0.25, 0.3) is 5.69 Å². The molecule has 1 unspecified atom stereocenters. The zero-order chi connectivity index (χ0) is 14.9. The first-order valence-corrected chi connectivity index (χ1v) is 6.28. The Morgan fingerprint density at radius 1 is 1.55 bits per heavy atom. The summed E-state index contributed by atoms with van der Waals surface area (Å²) >= 11 is 5.80. The number of hydrogen-bond donors (Lipinski definition) is 2. The van der Waals surface area contributed by atoms with Crippen LogP contribution in [0.15, 0.2) is 12.1 Å². The van der Waals surface area contributed by atoms with Crippen LogP contribution in [0.2, 0.25) is 5.02 Å². The zero-order valence-electron chi connectivity index (χ0n) is 10.6. The number of aryl methyl sites for hydroxylation is 1. The minimum absolute atomic E-state index is 0.0449. The van der Waals surface area contributed by atoms with E-state index in [1.54, 1.807) is 6.92 Å². The summed E-state index contributed by atoms with van der Waals surface area (Å²) in [6, 6.07) is 2.65. The van der Waals surface area contributed by atoms with E-state index in [0.29, 0.717) is 17.8 Å². The molecule has 1 fully saturated rings. The molecule has 1 atom stereocenters. The minimum Gasteiger partial charge on any atom is -0.355 e. The van der Waals surface area contributed by atoms with Gasteiger partial charge in [0.15, 0.2) is 0 Å². The standard InChI is InChI=1S/C12H12ClN3O4/c1-6-2-10(16(19)20)8(13)4-9(6)15-12(18)7-3-11(17)14-5-7/h2,4,7H,3,5H2,1H3,(H,14,17)(H,15,18). The van der Waals surface area contributed by atoms with Crippen LogP contribution in [0, 0.1) is 23.0 Å². The molecule has 7 nitrogen and oxygen atoms in total. The van der Waals surface area contributed by atoms with E-state index in [-0.39, 0.29) is 28.9 Å². The predicted octanol–water partition coefficient (Wildman–Crippen LogP) is 1.63. The van der Waals surface area contributed by atoms with Gasteiger partial charge >= 0.3 is 0 Å². The highest BCUT2D eigenvalue weighted by Gasteiger charge is 2.28. The van der Waals surface area contributed by atoms with Crippen molar-refractivity contribution in [2.45, 2.75) is 13.3 Å². The lowest BCUT2D eigenvalue weighted by Gasteiger charge is -2.12. The molecule has 0 aromatic heterocycles. The number of benzene rings is 1. The monoisotopic (exact) mass is 297 g/mol. The van der Waals surface area contributed by atoms with Crippen LogP contribution in [0.5, 0.6) is 0 Å². The van der Waals surface area contributed by atoms with Crippen molar-refractivity contribution in [1.82, 2.24) is 5.32 Å². The summed E-state index contributed by atoms with van der Waals surface area (Å²) in [5.74, 6) is -0.907. The molecule has 1 aromatic rings. The van der Waals surface area contributed by atoms with Crippen molar-refractivity contribution in [2.75, 3.05) is 11.9 Å². The smallest absolute Gasteiger partial charge is 0.288 e. The molecule has 0 aliphatic carbocycles. The third-order valence-corrected chi connectivity index (χ3v) is 3.40. The Balaban J connectivity index is 2.17. The maximum atomic E-state index is 12.0. The molecule has 106 valence electrons. The quantitative estimate of drug-likeness (QED) is 0.654. The molecule has 0 spiro atoms. The Bertz CT molecular complexity index is 603. The van der Waals surface area contributed by atoms with Gasteiger partial charge in [-0.15, -0.1) is 0 Å². The molecule has 20 heavy (non-hydrogen) atoms. The number of nitrogens with zero attached hydrogens (tertiary/aromatic N) is 1. The molecule has 1 aromatic carbocycles. The highest BCUT2D eigenvalue weighted by atomic mass is 35.5. The number of halogens is 1. The van der Waals surface area contributed by atoms with Crippen LogP contribution >= 0.6 is 11.6 Å². The number of carbonyl (C=O) groups excluding carboxylic acids is 2. The van der Waals surface area contributed by atoms with E-state index in [2.05, 4.69) is 10.6 Å². The maximum absolute atomic E-state index is 12.0. The first kappa shape index (κ1) is 14.3. The van der Waals surface area contributed by atoms with Crippen LogP contribution in [0.1, 0.15) is 12.0 Å². The van der Waals surface area contributed by atoms with Gasteiger partial charge in [-0.3, -0.25) is 19.7 Å². The summed E-state index contributed by atoms with van der Waals surface area (Å²) in [5.41, 5.74) is 0.733. The van der Waals surface area contributed by atoms with Crippen molar-refractivity contribution in [3.63, 3.8) is 0 Å². The van der Waals surface area contributed by atoms with Crippen LogP contribution in [0.25, 0.3) is 0 Å². The molecule has 1 heterocycles. The predicted molar refractivity (Wildman–Crippen MR) is 72.6 cm³/mol. The normalized spacial score (nSPS) is 17.7. The molecule has 1 aliphatic heterocycles. The fourth-order valence-electron chi connectivity index (χ4n) is 1.97. The average molecular weight is 298 g/mol. The Kier molecular flexibility index (Phi) is 3.89. The molecule has 2 N–H and O–H groups in total. The second-order valence-corrected chi connectivity index (χ2v) is 4.98. The lowest BCUT2D eigenvalue weighted by atomic mass is 10.1. The first-order valence-electron chi connectivity index (χ1n) is 5.90. The zero-order valence-corrected chi connectivity index (χ0v) is 11.4. The van der Waals surface area contributed by atoms with Gasteiger partial charge in [0.2, 0.25) is 11.8 Å². The number of anilines is 1. The van der Waals surface area contributed by atoms with Gasteiger partial charge in [0.1, 0.15) is 5.02 Å². The number of nitrogens with one attached hydrogen (secondary N) is 2. The average Bonchev–Trinajstić information content (AvgIpc) is 2.79. The van der Waals surface area contributed by atoms with E-state index in [1.807, 2.05) is 0 Å². The summed E-state index contributed by atoms with van der Waals surface area (Å²) in [5, 5.41) is 15.9. The van der Waals surface area contributed by atoms with Crippen LogP contribution < -0.4 is 10.6 Å². The SMILES string of the molecule is Cc1cc([N+](=O)[O-])c(Cl)cc1NC(=O)C1CNC(=O)C1. The van der Waals surface area contributed by atoms with Gasteiger partial charge in [-0.1, -0.05) is 11.6 Å². The molecular weight excluding hydrogens is 286 g/mol. The van der Waals surface area contributed by atoms with Crippen LogP contribution in [0.3, 0.4) is 0 Å². The second-order valence-electron chi connectivity index (χ2n) is 4.57. The van der Waals surface area contributed by atoms with Crippen molar-refractivity contribution in [1.29, 1.82) is 0 Å². The number of nitro groups is 1. The van der Waals surface area contributed by atoms with Gasteiger partial charge in [0, 0.05) is 24.7 Å². The van der Waals surface area contributed by atoms with E-state index >= 15 is 0 Å². The Labute approximate surface area is 119 Å². The van der Waals surface area contributed by atoms with Crippen LogP contribution in [0.4, 0.5) is 11.4 Å². The molecule has 0 radical (unpaired) electrons. The van der Waals surface area contributed by atoms with Crippen molar-refractivity contribution in [3.05, 3.63) is 32.8 Å².